The number of carbonyl (C=O) groups is 2. The summed E-state index contributed by atoms with van der Waals surface area (Å²) in [6.45, 7) is 2.19. The Morgan fingerprint density at radius 2 is 1.83 bits per heavy atom. The first kappa shape index (κ1) is 22.9. The Kier molecular flexibility index (Phi) is 7.19. The van der Waals surface area contributed by atoms with Crippen molar-refractivity contribution in [3.63, 3.8) is 0 Å². The molecule has 0 saturated carbocycles. The molecule has 0 aliphatic heterocycles. The molecule has 0 saturated heterocycles. The number of sulfonamides is 1. The summed E-state index contributed by atoms with van der Waals surface area (Å²) in [6, 6.07) is 7.17. The monoisotopic (exact) mass is 439 g/mol. The average Bonchev–Trinajstić information content (AvgIpc) is 2.67. The minimum Gasteiger partial charge on any atom is -0.454 e. The quantitative estimate of drug-likeness (QED) is 0.363. The summed E-state index contributed by atoms with van der Waals surface area (Å²) in [6.07, 6.45) is 0. The Bertz CT molecular complexity index is 1070. The molecule has 1 atom stereocenters. The third-order valence-corrected chi connectivity index (χ3v) is 5.35. The van der Waals surface area contributed by atoms with Crippen molar-refractivity contribution in [2.24, 2.45) is 0 Å². The van der Waals surface area contributed by atoms with Crippen molar-refractivity contribution in [3.05, 3.63) is 64.0 Å². The lowest BCUT2D eigenvalue weighted by atomic mass is 10.2. The Morgan fingerprint density at radius 3 is 2.43 bits per heavy atom. The molecule has 2 aromatic rings. The van der Waals surface area contributed by atoms with Crippen LogP contribution in [0, 0.1) is 22.9 Å². The molecule has 30 heavy (non-hydrogen) atoms. The van der Waals surface area contributed by atoms with Crippen LogP contribution in [0.1, 0.15) is 12.5 Å². The summed E-state index contributed by atoms with van der Waals surface area (Å²) in [5.41, 5.74) is -0.0988. The second-order valence-corrected chi connectivity index (χ2v) is 7.94. The van der Waals surface area contributed by atoms with Crippen LogP contribution in [0.2, 0.25) is 0 Å². The molecule has 0 aliphatic rings. The van der Waals surface area contributed by atoms with E-state index in [9.17, 15) is 32.5 Å². The highest BCUT2D eigenvalue weighted by Crippen LogP contribution is 2.24. The van der Waals surface area contributed by atoms with Gasteiger partial charge in [0.05, 0.1) is 15.9 Å². The Labute approximate surface area is 171 Å². The van der Waals surface area contributed by atoms with Gasteiger partial charge in [0.25, 0.3) is 11.6 Å². The fourth-order valence-corrected chi connectivity index (χ4v) is 3.47. The predicted molar refractivity (Wildman–Crippen MR) is 104 cm³/mol. The zero-order chi connectivity index (χ0) is 22.5. The van der Waals surface area contributed by atoms with Crippen molar-refractivity contribution in [1.82, 2.24) is 4.72 Å². The standard InChI is InChI=1S/C18H18FN3O7S/c1-11-3-6-14(7-4-11)30(27,28)21-12(2)18(24)29-10-17(23)20-15-8-5-13(19)9-16(15)22(25)26/h3-9,12,21H,10H2,1-2H3,(H,20,23)/t12-/m1/s1. The van der Waals surface area contributed by atoms with Gasteiger partial charge in [-0.2, -0.15) is 4.72 Å². The molecule has 0 unspecified atom stereocenters. The molecule has 0 fully saturated rings. The third-order valence-electron chi connectivity index (χ3n) is 3.79. The van der Waals surface area contributed by atoms with Crippen LogP contribution in [0.5, 0.6) is 0 Å². The number of nitrogens with zero attached hydrogens (tertiary/aromatic N) is 1. The minimum atomic E-state index is -3.99. The van der Waals surface area contributed by atoms with Gasteiger partial charge < -0.3 is 10.1 Å². The van der Waals surface area contributed by atoms with Crippen LogP contribution in [0.3, 0.4) is 0 Å². The maximum atomic E-state index is 13.1. The molecule has 0 radical (unpaired) electrons. The average molecular weight is 439 g/mol. The van der Waals surface area contributed by atoms with Gasteiger partial charge in [0.2, 0.25) is 10.0 Å². The molecule has 2 N–H and O–H groups in total. The Morgan fingerprint density at radius 1 is 1.20 bits per heavy atom. The SMILES string of the molecule is Cc1ccc(S(=O)(=O)N[C@H](C)C(=O)OCC(=O)Nc2ccc(F)cc2[N+](=O)[O-])cc1. The van der Waals surface area contributed by atoms with E-state index in [0.29, 0.717) is 6.07 Å². The predicted octanol–water partition coefficient (Wildman–Crippen LogP) is 1.89. The number of nitro benzene ring substituents is 1. The number of rotatable bonds is 8. The molecule has 0 aromatic heterocycles. The molecular formula is C18H18FN3O7S. The normalized spacial score (nSPS) is 12.1. The highest BCUT2D eigenvalue weighted by Gasteiger charge is 2.24. The first-order valence-electron chi connectivity index (χ1n) is 8.49. The zero-order valence-electron chi connectivity index (χ0n) is 15.9. The van der Waals surface area contributed by atoms with Crippen LogP contribution >= 0.6 is 0 Å². The van der Waals surface area contributed by atoms with E-state index < -0.39 is 51.0 Å². The maximum absolute atomic E-state index is 13.1. The van der Waals surface area contributed by atoms with E-state index in [0.717, 1.165) is 17.7 Å². The van der Waals surface area contributed by atoms with Crippen molar-refractivity contribution in [3.8, 4) is 0 Å². The molecule has 2 aromatic carbocycles. The van der Waals surface area contributed by atoms with Crippen LogP contribution in [-0.4, -0.2) is 37.9 Å². The van der Waals surface area contributed by atoms with Crippen molar-refractivity contribution < 1.29 is 32.1 Å². The largest absolute Gasteiger partial charge is 0.454 e. The fraction of sp³-hybridized carbons (Fsp3) is 0.222. The van der Waals surface area contributed by atoms with Crippen LogP contribution in [0.25, 0.3) is 0 Å². The first-order valence-corrected chi connectivity index (χ1v) is 9.97. The number of amides is 1. The number of halogens is 1. The third kappa shape index (κ3) is 6.06. The number of aryl methyl sites for hydroxylation is 1. The number of nitrogens with one attached hydrogen (secondary N) is 2. The van der Waals surface area contributed by atoms with E-state index >= 15 is 0 Å². The lowest BCUT2D eigenvalue weighted by Crippen LogP contribution is -2.40. The maximum Gasteiger partial charge on any atom is 0.324 e. The molecule has 0 aliphatic carbocycles. The number of ether oxygens (including phenoxy) is 1. The van der Waals surface area contributed by atoms with Crippen molar-refractivity contribution >= 4 is 33.3 Å². The van der Waals surface area contributed by atoms with Crippen LogP contribution in [-0.2, 0) is 24.3 Å². The van der Waals surface area contributed by atoms with Gasteiger partial charge in [-0.25, -0.2) is 12.8 Å². The molecule has 2 rings (SSSR count). The van der Waals surface area contributed by atoms with Gasteiger partial charge >= 0.3 is 5.97 Å². The van der Waals surface area contributed by atoms with Gasteiger partial charge in [-0.1, -0.05) is 17.7 Å². The molecule has 0 bridgehead atoms. The van der Waals surface area contributed by atoms with Gasteiger partial charge in [-0.05, 0) is 38.1 Å². The second-order valence-electron chi connectivity index (χ2n) is 6.23. The summed E-state index contributed by atoms with van der Waals surface area (Å²) in [7, 11) is -3.99. The van der Waals surface area contributed by atoms with Gasteiger partial charge in [-0.3, -0.25) is 19.7 Å². The number of benzene rings is 2. The van der Waals surface area contributed by atoms with E-state index in [1.807, 2.05) is 0 Å². The lowest BCUT2D eigenvalue weighted by molar-refractivity contribution is -0.384. The first-order chi connectivity index (χ1) is 14.0. The smallest absolute Gasteiger partial charge is 0.324 e. The molecule has 0 spiro atoms. The molecular weight excluding hydrogens is 421 g/mol. The second kappa shape index (κ2) is 9.41. The summed E-state index contributed by atoms with van der Waals surface area (Å²) >= 11 is 0. The molecule has 1 amide bonds. The molecule has 12 heteroatoms. The van der Waals surface area contributed by atoms with E-state index in [1.165, 1.54) is 19.1 Å². The number of nitro groups is 1. The molecule has 160 valence electrons. The van der Waals surface area contributed by atoms with Gasteiger partial charge in [-0.15, -0.1) is 0 Å². The number of hydrogen-bond donors (Lipinski definition) is 2. The van der Waals surface area contributed by atoms with Crippen molar-refractivity contribution in [2.75, 3.05) is 11.9 Å². The van der Waals surface area contributed by atoms with E-state index in [2.05, 4.69) is 10.0 Å². The minimum absolute atomic E-state index is 0.0471. The Balaban J connectivity index is 1.94. The van der Waals surface area contributed by atoms with Gasteiger partial charge in [0.1, 0.15) is 17.5 Å². The fourth-order valence-electron chi connectivity index (χ4n) is 2.28. The Hall–Kier alpha value is -3.38. The number of hydrogen-bond acceptors (Lipinski definition) is 7. The highest BCUT2D eigenvalue weighted by atomic mass is 32.2. The number of carbonyl (C=O) groups excluding carboxylic acids is 2. The van der Waals surface area contributed by atoms with Gasteiger partial charge in [0, 0.05) is 0 Å². The van der Waals surface area contributed by atoms with Crippen molar-refractivity contribution in [2.45, 2.75) is 24.8 Å². The van der Waals surface area contributed by atoms with Gasteiger partial charge in [0.15, 0.2) is 6.61 Å². The zero-order valence-corrected chi connectivity index (χ0v) is 16.7. The topological polar surface area (TPSA) is 145 Å². The van der Waals surface area contributed by atoms with E-state index in [1.54, 1.807) is 19.1 Å². The number of anilines is 1. The van der Waals surface area contributed by atoms with E-state index in [4.69, 9.17) is 4.74 Å². The van der Waals surface area contributed by atoms with Crippen LogP contribution in [0.15, 0.2) is 47.4 Å². The van der Waals surface area contributed by atoms with Crippen LogP contribution in [0.4, 0.5) is 15.8 Å². The summed E-state index contributed by atoms with van der Waals surface area (Å²) in [5.74, 6) is -2.82. The molecule has 0 heterocycles. The summed E-state index contributed by atoms with van der Waals surface area (Å²) in [5, 5.41) is 13.0. The summed E-state index contributed by atoms with van der Waals surface area (Å²) < 4.78 is 44.5. The van der Waals surface area contributed by atoms with Crippen LogP contribution < -0.4 is 10.0 Å². The molecule has 10 nitrogen and oxygen atoms in total. The summed E-state index contributed by atoms with van der Waals surface area (Å²) in [4.78, 5) is 33.9. The van der Waals surface area contributed by atoms with E-state index in [-0.39, 0.29) is 10.6 Å². The lowest BCUT2D eigenvalue weighted by Gasteiger charge is -2.14. The highest BCUT2D eigenvalue weighted by molar-refractivity contribution is 7.89. The number of esters is 1. The van der Waals surface area contributed by atoms with Crippen molar-refractivity contribution in [1.29, 1.82) is 0 Å².